The lowest BCUT2D eigenvalue weighted by Gasteiger charge is -2.19. The van der Waals surface area contributed by atoms with Crippen molar-refractivity contribution in [2.24, 2.45) is 16.8 Å². The number of aromatic carboxylic acids is 1. The van der Waals surface area contributed by atoms with Crippen LogP contribution in [0.25, 0.3) is 0 Å². The molecule has 9 nitrogen and oxygen atoms in total. The predicted octanol–water partition coefficient (Wildman–Crippen LogP) is 1.18. The van der Waals surface area contributed by atoms with E-state index in [9.17, 15) is 9.59 Å². The maximum atomic E-state index is 12.2. The Labute approximate surface area is 152 Å². The van der Waals surface area contributed by atoms with E-state index in [1.54, 1.807) is 0 Å². The zero-order valence-corrected chi connectivity index (χ0v) is 14.2. The molecule has 132 valence electrons. The second kappa shape index (κ2) is 8.61. The van der Waals surface area contributed by atoms with E-state index in [2.05, 4.69) is 10.1 Å². The maximum absolute atomic E-state index is 12.2. The molecular weight excluding hydrogens is 356 g/mol. The molecule has 1 aromatic heterocycles. The Morgan fingerprint density at radius 3 is 2.46 bits per heavy atom. The summed E-state index contributed by atoms with van der Waals surface area (Å²) in [5.74, 6) is 9.92. The largest absolute Gasteiger partial charge is 0.478 e. The van der Waals surface area contributed by atoms with Crippen molar-refractivity contribution in [2.75, 3.05) is 10.8 Å². The van der Waals surface area contributed by atoms with Gasteiger partial charge in [0.15, 0.2) is 5.78 Å². The first-order valence-corrected chi connectivity index (χ1v) is 8.13. The molecule has 0 atom stereocenters. The van der Waals surface area contributed by atoms with E-state index < -0.39 is 5.97 Å². The van der Waals surface area contributed by atoms with Crippen molar-refractivity contribution in [1.29, 1.82) is 5.26 Å². The lowest BCUT2D eigenvalue weighted by molar-refractivity contribution is 0.0696. The summed E-state index contributed by atoms with van der Waals surface area (Å²) in [5, 5.41) is 22.5. The van der Waals surface area contributed by atoms with E-state index in [1.807, 2.05) is 6.07 Å². The number of benzene rings is 1. The number of aromatic nitrogens is 1. The highest BCUT2D eigenvalue weighted by molar-refractivity contribution is 8.14. The lowest BCUT2D eigenvalue weighted by Crippen LogP contribution is -2.37. The summed E-state index contributed by atoms with van der Waals surface area (Å²) < 4.78 is 0. The highest BCUT2D eigenvalue weighted by Gasteiger charge is 2.15. The standard InChI is InChI=1S/C16H14N6O3S/c17-7-10-1-6-13(20-8-10)14(23)9-26-16(21-18)22(19)12-4-2-11(3-5-12)15(24)25/h1-6,8H,9,18-19H2,(H,24,25)/b21-16+. The van der Waals surface area contributed by atoms with Gasteiger partial charge in [-0.3, -0.25) is 14.8 Å². The summed E-state index contributed by atoms with van der Waals surface area (Å²) in [4.78, 5) is 27.0. The highest BCUT2D eigenvalue weighted by Crippen LogP contribution is 2.18. The monoisotopic (exact) mass is 370 g/mol. The number of pyridine rings is 1. The first kappa shape index (κ1) is 18.9. The number of Topliss-reactive ketones (excluding diaryl/α,β-unsaturated/α-hetero) is 1. The Kier molecular flexibility index (Phi) is 6.26. The summed E-state index contributed by atoms with van der Waals surface area (Å²) in [5.41, 5.74) is 1.14. The van der Waals surface area contributed by atoms with Gasteiger partial charge in [0.25, 0.3) is 0 Å². The summed E-state index contributed by atoms with van der Waals surface area (Å²) in [7, 11) is 0. The average Bonchev–Trinajstić information content (AvgIpc) is 2.68. The first-order valence-electron chi connectivity index (χ1n) is 7.14. The number of thioether (sulfide) groups is 1. The molecule has 0 aliphatic heterocycles. The summed E-state index contributed by atoms with van der Waals surface area (Å²) in [6.45, 7) is 0. The Morgan fingerprint density at radius 2 is 1.96 bits per heavy atom. The fourth-order valence-corrected chi connectivity index (χ4v) is 2.60. The van der Waals surface area contributed by atoms with Crippen molar-refractivity contribution in [3.8, 4) is 6.07 Å². The molecule has 0 fully saturated rings. The Bertz CT molecular complexity index is 874. The number of hydrazone groups is 1. The molecule has 10 heteroatoms. The lowest BCUT2D eigenvalue weighted by atomic mass is 10.2. The molecule has 1 heterocycles. The van der Waals surface area contributed by atoms with Gasteiger partial charge >= 0.3 is 5.97 Å². The van der Waals surface area contributed by atoms with Crippen LogP contribution in [0.5, 0.6) is 0 Å². The van der Waals surface area contributed by atoms with Gasteiger partial charge in [-0.25, -0.2) is 10.6 Å². The van der Waals surface area contributed by atoms with E-state index in [-0.39, 0.29) is 28.0 Å². The van der Waals surface area contributed by atoms with Crippen molar-refractivity contribution in [3.63, 3.8) is 0 Å². The molecule has 0 radical (unpaired) electrons. The molecule has 2 rings (SSSR count). The van der Waals surface area contributed by atoms with Gasteiger partial charge in [0, 0.05) is 6.20 Å². The number of carboxylic acids is 1. The van der Waals surface area contributed by atoms with Gasteiger partial charge in [-0.2, -0.15) is 10.4 Å². The molecule has 5 N–H and O–H groups in total. The number of nitrogens with zero attached hydrogens (tertiary/aromatic N) is 4. The molecule has 0 saturated carbocycles. The van der Waals surface area contributed by atoms with Gasteiger partial charge in [-0.1, -0.05) is 11.8 Å². The van der Waals surface area contributed by atoms with E-state index in [0.717, 1.165) is 16.8 Å². The molecule has 0 spiro atoms. The minimum absolute atomic E-state index is 0.0180. The molecule has 0 aliphatic carbocycles. The van der Waals surface area contributed by atoms with Crippen LogP contribution in [0, 0.1) is 11.3 Å². The van der Waals surface area contributed by atoms with E-state index >= 15 is 0 Å². The Morgan fingerprint density at radius 1 is 1.27 bits per heavy atom. The molecule has 1 aromatic carbocycles. The minimum atomic E-state index is -1.05. The molecule has 0 aliphatic rings. The minimum Gasteiger partial charge on any atom is -0.478 e. The normalized spacial score (nSPS) is 10.8. The van der Waals surface area contributed by atoms with Crippen LogP contribution in [0.1, 0.15) is 26.4 Å². The van der Waals surface area contributed by atoms with Gasteiger partial charge in [-0.15, -0.1) is 0 Å². The number of hydrogen-bond acceptors (Lipinski definition) is 8. The number of amidine groups is 1. The van der Waals surface area contributed by atoms with Crippen LogP contribution in [-0.2, 0) is 0 Å². The second-order valence-electron chi connectivity index (χ2n) is 4.89. The van der Waals surface area contributed by atoms with Crippen LogP contribution in [-0.4, -0.2) is 32.8 Å². The van der Waals surface area contributed by atoms with Crippen molar-refractivity contribution < 1.29 is 14.7 Å². The van der Waals surface area contributed by atoms with Crippen LogP contribution < -0.4 is 16.7 Å². The molecule has 0 saturated heterocycles. The molecule has 0 amide bonds. The van der Waals surface area contributed by atoms with Gasteiger partial charge in [0.1, 0.15) is 11.8 Å². The third-order valence-electron chi connectivity index (χ3n) is 3.22. The van der Waals surface area contributed by atoms with Crippen LogP contribution in [0.2, 0.25) is 0 Å². The van der Waals surface area contributed by atoms with Gasteiger partial charge < -0.3 is 10.9 Å². The van der Waals surface area contributed by atoms with E-state index in [1.165, 1.54) is 42.6 Å². The number of hydrogen-bond donors (Lipinski definition) is 3. The second-order valence-corrected chi connectivity index (χ2v) is 5.83. The predicted molar refractivity (Wildman–Crippen MR) is 97.4 cm³/mol. The zero-order valence-electron chi connectivity index (χ0n) is 13.4. The number of nitrogens with two attached hydrogens (primary N) is 2. The highest BCUT2D eigenvalue weighted by atomic mass is 32.2. The van der Waals surface area contributed by atoms with Crippen molar-refractivity contribution in [1.82, 2.24) is 4.98 Å². The number of nitriles is 1. The van der Waals surface area contributed by atoms with Crippen LogP contribution >= 0.6 is 11.8 Å². The average molecular weight is 370 g/mol. The van der Waals surface area contributed by atoms with Crippen molar-refractivity contribution in [2.45, 2.75) is 0 Å². The first-order chi connectivity index (χ1) is 12.5. The number of carbonyl (C=O) groups is 2. The number of carboxylic acid groups (broad SMARTS) is 1. The molecule has 0 unspecified atom stereocenters. The number of carbonyl (C=O) groups excluding carboxylic acids is 1. The fourth-order valence-electron chi connectivity index (χ4n) is 1.87. The smallest absolute Gasteiger partial charge is 0.335 e. The zero-order chi connectivity index (χ0) is 19.1. The number of hydrazine groups is 1. The molecule has 26 heavy (non-hydrogen) atoms. The number of rotatable bonds is 5. The van der Waals surface area contributed by atoms with E-state index in [4.69, 9.17) is 22.1 Å². The topological polar surface area (TPSA) is 159 Å². The van der Waals surface area contributed by atoms with Crippen LogP contribution in [0.4, 0.5) is 5.69 Å². The third-order valence-corrected chi connectivity index (χ3v) is 4.19. The molecule has 2 aromatic rings. The van der Waals surface area contributed by atoms with Crippen molar-refractivity contribution >= 4 is 34.4 Å². The Hall–Kier alpha value is -3.42. The summed E-state index contributed by atoms with van der Waals surface area (Å²) >= 11 is 1.00. The van der Waals surface area contributed by atoms with Crippen LogP contribution in [0.3, 0.4) is 0 Å². The number of ketones is 1. The summed E-state index contributed by atoms with van der Waals surface area (Å²) in [6.07, 6.45) is 1.31. The number of anilines is 1. The third kappa shape index (κ3) is 4.56. The fraction of sp³-hybridized carbons (Fsp3) is 0.0625. The van der Waals surface area contributed by atoms with Gasteiger partial charge in [0.05, 0.1) is 22.6 Å². The maximum Gasteiger partial charge on any atom is 0.335 e. The van der Waals surface area contributed by atoms with Gasteiger partial charge in [0.2, 0.25) is 5.17 Å². The van der Waals surface area contributed by atoms with Crippen LogP contribution in [0.15, 0.2) is 47.7 Å². The SMILES string of the molecule is N#Cc1ccc(C(=O)CS/C(=N/N)N(N)c2ccc(C(=O)O)cc2)nc1. The van der Waals surface area contributed by atoms with Gasteiger partial charge in [-0.05, 0) is 36.4 Å². The molecular formula is C16H14N6O3S. The van der Waals surface area contributed by atoms with Crippen molar-refractivity contribution in [3.05, 3.63) is 59.4 Å². The Balaban J connectivity index is 2.02. The summed E-state index contributed by atoms with van der Waals surface area (Å²) in [6, 6.07) is 10.7. The quantitative estimate of drug-likeness (QED) is 0.231. The molecule has 0 bridgehead atoms. The van der Waals surface area contributed by atoms with E-state index in [0.29, 0.717) is 11.3 Å².